The molecule has 0 saturated carbocycles. The highest BCUT2D eigenvalue weighted by Crippen LogP contribution is 2.30. The maximum atomic E-state index is 12.6. The number of esters is 1. The number of rotatable bonds is 4. The lowest BCUT2D eigenvalue weighted by atomic mass is 10.2. The van der Waals surface area contributed by atoms with Gasteiger partial charge < -0.3 is 15.8 Å². The summed E-state index contributed by atoms with van der Waals surface area (Å²) in [5.74, 6) is -0.743. The van der Waals surface area contributed by atoms with E-state index in [1.54, 1.807) is 0 Å². The first-order valence-electron chi connectivity index (χ1n) is 5.38. The third-order valence-electron chi connectivity index (χ3n) is 2.32. The standard InChI is InChI=1S/C11H14F3N3O2/c1-6-3-7(11(12,13)14)4-9(16-6)17-8(5-15)10(18)19-2/h3-4,8H,5,15H2,1-2H3,(H,16,17). The predicted octanol–water partition coefficient (Wildman–Crippen LogP) is 1.32. The van der Waals surface area contributed by atoms with Crippen molar-refractivity contribution >= 4 is 11.8 Å². The number of alkyl halides is 3. The number of aromatic nitrogens is 1. The van der Waals surface area contributed by atoms with Crippen molar-refractivity contribution in [3.63, 3.8) is 0 Å². The Kier molecular flexibility index (Phi) is 4.71. The Morgan fingerprint density at radius 1 is 1.53 bits per heavy atom. The molecule has 3 N–H and O–H groups in total. The second-order valence-electron chi connectivity index (χ2n) is 3.84. The van der Waals surface area contributed by atoms with Gasteiger partial charge in [0.2, 0.25) is 0 Å². The van der Waals surface area contributed by atoms with Gasteiger partial charge in [-0.25, -0.2) is 9.78 Å². The Labute approximate surface area is 108 Å². The molecule has 19 heavy (non-hydrogen) atoms. The zero-order chi connectivity index (χ0) is 14.6. The first kappa shape index (κ1) is 15.2. The van der Waals surface area contributed by atoms with Crippen LogP contribution in [0.3, 0.4) is 0 Å². The molecule has 0 saturated heterocycles. The molecular weight excluding hydrogens is 263 g/mol. The second-order valence-corrected chi connectivity index (χ2v) is 3.84. The zero-order valence-corrected chi connectivity index (χ0v) is 10.4. The summed E-state index contributed by atoms with van der Waals surface area (Å²) in [5, 5.41) is 2.52. The smallest absolute Gasteiger partial charge is 0.416 e. The van der Waals surface area contributed by atoms with E-state index < -0.39 is 23.8 Å². The molecule has 1 atom stereocenters. The number of nitrogens with one attached hydrogen (secondary N) is 1. The van der Waals surface area contributed by atoms with Crippen LogP contribution in [0.1, 0.15) is 11.3 Å². The number of anilines is 1. The first-order chi connectivity index (χ1) is 8.77. The molecule has 1 rings (SSSR count). The summed E-state index contributed by atoms with van der Waals surface area (Å²) >= 11 is 0. The zero-order valence-electron chi connectivity index (χ0n) is 10.4. The van der Waals surface area contributed by atoms with Crippen molar-refractivity contribution in [1.29, 1.82) is 0 Å². The maximum absolute atomic E-state index is 12.6. The van der Waals surface area contributed by atoms with Crippen LogP contribution in [0.25, 0.3) is 0 Å². The van der Waals surface area contributed by atoms with Crippen LogP contribution in [-0.4, -0.2) is 30.6 Å². The SMILES string of the molecule is COC(=O)C(CN)Nc1cc(C(F)(F)F)cc(C)n1. The molecule has 106 valence electrons. The lowest BCUT2D eigenvalue weighted by Crippen LogP contribution is -2.38. The van der Waals surface area contributed by atoms with Crippen molar-refractivity contribution in [2.75, 3.05) is 19.0 Å². The molecule has 0 aliphatic carbocycles. The molecule has 0 spiro atoms. The number of nitrogens with zero attached hydrogens (tertiary/aromatic N) is 1. The molecule has 1 aromatic rings. The minimum atomic E-state index is -4.48. The lowest BCUT2D eigenvalue weighted by molar-refractivity contribution is -0.141. The summed E-state index contributed by atoms with van der Waals surface area (Å²) in [6, 6.07) is 0.791. The minimum Gasteiger partial charge on any atom is -0.467 e. The number of pyridine rings is 1. The van der Waals surface area contributed by atoms with Crippen molar-refractivity contribution in [3.05, 3.63) is 23.4 Å². The minimum absolute atomic E-state index is 0.0758. The van der Waals surface area contributed by atoms with Crippen LogP contribution in [0.2, 0.25) is 0 Å². The summed E-state index contributed by atoms with van der Waals surface area (Å²) in [6.07, 6.45) is -4.48. The molecule has 1 aromatic heterocycles. The van der Waals surface area contributed by atoms with Gasteiger partial charge in [-0.05, 0) is 19.1 Å². The normalized spacial score (nSPS) is 12.9. The topological polar surface area (TPSA) is 77.2 Å². The fraction of sp³-hybridized carbons (Fsp3) is 0.455. The molecule has 0 radical (unpaired) electrons. The molecule has 0 aliphatic rings. The fourth-order valence-electron chi connectivity index (χ4n) is 1.44. The Hall–Kier alpha value is -1.83. The Morgan fingerprint density at radius 2 is 2.16 bits per heavy atom. The van der Waals surface area contributed by atoms with Gasteiger partial charge >= 0.3 is 12.1 Å². The molecule has 8 heteroatoms. The summed E-state index contributed by atoms with van der Waals surface area (Å²) in [4.78, 5) is 15.2. The van der Waals surface area contributed by atoms with Gasteiger partial charge in [0.25, 0.3) is 0 Å². The molecule has 1 unspecified atom stereocenters. The molecule has 0 amide bonds. The van der Waals surface area contributed by atoms with Crippen LogP contribution in [0.5, 0.6) is 0 Å². The third kappa shape index (κ3) is 4.09. The number of carbonyl (C=O) groups is 1. The molecule has 1 heterocycles. The van der Waals surface area contributed by atoms with E-state index in [-0.39, 0.29) is 18.1 Å². The lowest BCUT2D eigenvalue weighted by Gasteiger charge is -2.16. The van der Waals surface area contributed by atoms with Gasteiger partial charge in [-0.15, -0.1) is 0 Å². The number of hydrogen-bond donors (Lipinski definition) is 2. The quantitative estimate of drug-likeness (QED) is 0.812. The van der Waals surface area contributed by atoms with Crippen LogP contribution in [0.15, 0.2) is 12.1 Å². The van der Waals surface area contributed by atoms with Gasteiger partial charge in [0.15, 0.2) is 0 Å². The summed E-state index contributed by atoms with van der Waals surface area (Å²) in [5.41, 5.74) is 4.68. The fourth-order valence-corrected chi connectivity index (χ4v) is 1.44. The Bertz CT molecular complexity index is 463. The monoisotopic (exact) mass is 277 g/mol. The van der Waals surface area contributed by atoms with Gasteiger partial charge in [0, 0.05) is 12.2 Å². The Morgan fingerprint density at radius 3 is 2.63 bits per heavy atom. The van der Waals surface area contributed by atoms with Crippen LogP contribution in [0.4, 0.5) is 19.0 Å². The average Bonchev–Trinajstić information content (AvgIpc) is 2.33. The van der Waals surface area contributed by atoms with Gasteiger partial charge in [-0.1, -0.05) is 0 Å². The van der Waals surface area contributed by atoms with E-state index in [0.29, 0.717) is 0 Å². The third-order valence-corrected chi connectivity index (χ3v) is 2.32. The number of nitrogens with two attached hydrogens (primary N) is 1. The highest BCUT2D eigenvalue weighted by Gasteiger charge is 2.31. The molecule has 0 bridgehead atoms. The van der Waals surface area contributed by atoms with Crippen LogP contribution in [0, 0.1) is 6.92 Å². The molecular formula is C11H14F3N3O2. The number of carbonyl (C=O) groups excluding carboxylic acids is 1. The van der Waals surface area contributed by atoms with Crippen molar-refractivity contribution in [2.45, 2.75) is 19.1 Å². The number of aryl methyl sites for hydroxylation is 1. The largest absolute Gasteiger partial charge is 0.467 e. The van der Waals surface area contributed by atoms with Crippen molar-refractivity contribution < 1.29 is 22.7 Å². The summed E-state index contributed by atoms with van der Waals surface area (Å²) in [7, 11) is 1.16. The van der Waals surface area contributed by atoms with Gasteiger partial charge in [-0.2, -0.15) is 13.2 Å². The molecule has 5 nitrogen and oxygen atoms in total. The number of hydrogen-bond acceptors (Lipinski definition) is 5. The van der Waals surface area contributed by atoms with Crippen molar-refractivity contribution in [2.24, 2.45) is 5.73 Å². The number of halogens is 3. The van der Waals surface area contributed by atoms with E-state index in [2.05, 4.69) is 15.0 Å². The summed E-state index contributed by atoms with van der Waals surface area (Å²) < 4.78 is 42.3. The highest BCUT2D eigenvalue weighted by atomic mass is 19.4. The maximum Gasteiger partial charge on any atom is 0.416 e. The van der Waals surface area contributed by atoms with E-state index in [4.69, 9.17) is 5.73 Å². The van der Waals surface area contributed by atoms with E-state index >= 15 is 0 Å². The van der Waals surface area contributed by atoms with E-state index in [1.165, 1.54) is 6.92 Å². The van der Waals surface area contributed by atoms with Crippen LogP contribution >= 0.6 is 0 Å². The van der Waals surface area contributed by atoms with Gasteiger partial charge in [0.1, 0.15) is 11.9 Å². The van der Waals surface area contributed by atoms with Gasteiger partial charge in [0.05, 0.1) is 12.7 Å². The molecule has 0 aromatic carbocycles. The van der Waals surface area contributed by atoms with E-state index in [0.717, 1.165) is 19.2 Å². The number of ether oxygens (including phenoxy) is 1. The van der Waals surface area contributed by atoms with Crippen molar-refractivity contribution in [1.82, 2.24) is 4.98 Å². The first-order valence-corrected chi connectivity index (χ1v) is 5.38. The average molecular weight is 277 g/mol. The molecule has 0 fully saturated rings. The number of methoxy groups -OCH3 is 1. The van der Waals surface area contributed by atoms with Crippen molar-refractivity contribution in [3.8, 4) is 0 Å². The predicted molar refractivity (Wildman–Crippen MR) is 62.5 cm³/mol. The van der Waals surface area contributed by atoms with Gasteiger partial charge in [-0.3, -0.25) is 0 Å². The summed E-state index contributed by atoms with van der Waals surface area (Å²) in [6.45, 7) is 1.31. The van der Waals surface area contributed by atoms with E-state index in [1.807, 2.05) is 0 Å². The second kappa shape index (κ2) is 5.87. The molecule has 0 aliphatic heterocycles. The van der Waals surface area contributed by atoms with Crippen LogP contribution in [-0.2, 0) is 15.7 Å². The Balaban J connectivity index is 3.01. The van der Waals surface area contributed by atoms with E-state index in [9.17, 15) is 18.0 Å². The van der Waals surface area contributed by atoms with Crippen LogP contribution < -0.4 is 11.1 Å². The highest BCUT2D eigenvalue weighted by molar-refractivity contribution is 5.79.